The zero-order valence-corrected chi connectivity index (χ0v) is 19.3. The number of nitrogens with zero attached hydrogens (tertiary/aromatic N) is 2. The molecule has 0 radical (unpaired) electrons. The highest BCUT2D eigenvalue weighted by Crippen LogP contribution is 2.40. The van der Waals surface area contributed by atoms with Crippen molar-refractivity contribution in [2.45, 2.75) is 24.5 Å². The van der Waals surface area contributed by atoms with E-state index in [1.54, 1.807) is 23.6 Å². The maximum absolute atomic E-state index is 14.2. The third kappa shape index (κ3) is 3.61. The molecule has 2 aromatic heterocycles. The van der Waals surface area contributed by atoms with Gasteiger partial charge in [-0.25, -0.2) is 0 Å². The topological polar surface area (TPSA) is 95.7 Å². The molecule has 0 saturated carbocycles. The normalized spacial score (nSPS) is 12.4. The zero-order chi connectivity index (χ0) is 26.0. The first-order valence-electron chi connectivity index (χ1n) is 10.6. The second-order valence-electron chi connectivity index (χ2n) is 8.17. The third-order valence-corrected chi connectivity index (χ3v) is 6.94. The number of pyridine rings is 1. The quantitative estimate of drug-likeness (QED) is 0.241. The fourth-order valence-electron chi connectivity index (χ4n) is 4.55. The van der Waals surface area contributed by atoms with Crippen LogP contribution in [0.15, 0.2) is 64.3 Å². The Kier molecular flexibility index (Phi) is 5.19. The molecule has 2 heterocycles. The van der Waals surface area contributed by atoms with Gasteiger partial charge in [0, 0.05) is 22.8 Å². The van der Waals surface area contributed by atoms with Crippen molar-refractivity contribution in [1.82, 2.24) is 9.55 Å². The molecule has 0 bridgehead atoms. The smallest absolute Gasteiger partial charge is 0.340 e. The van der Waals surface area contributed by atoms with Gasteiger partial charge in [0.05, 0.1) is 33.0 Å². The number of benzene rings is 3. The minimum atomic E-state index is -5.16. The third-order valence-electron chi connectivity index (χ3n) is 6.12. The van der Waals surface area contributed by atoms with Crippen LogP contribution in [0.25, 0.3) is 44.0 Å². The van der Waals surface area contributed by atoms with Gasteiger partial charge in [-0.1, -0.05) is 18.2 Å². The molecular weight excluding hydrogens is 498 g/mol. The van der Waals surface area contributed by atoms with Gasteiger partial charge in [0.15, 0.2) is 5.43 Å². The molecule has 0 aliphatic rings. The number of hydrogen-bond acceptors (Lipinski definition) is 4. The van der Waals surface area contributed by atoms with Crippen molar-refractivity contribution in [2.75, 3.05) is 0 Å². The predicted octanol–water partition coefficient (Wildman–Crippen LogP) is 5.87. The molecule has 5 rings (SSSR count). The lowest BCUT2D eigenvalue weighted by Gasteiger charge is -2.18. The van der Waals surface area contributed by atoms with E-state index in [-0.39, 0.29) is 28.4 Å². The Balaban J connectivity index is 1.95. The Morgan fingerprint density at radius 2 is 1.81 bits per heavy atom. The number of hydrogen-bond donors (Lipinski definition) is 1. The summed E-state index contributed by atoms with van der Waals surface area (Å²) in [5.74, 6) is 0. The molecular formula is C25H15F4N3O3S. The van der Waals surface area contributed by atoms with Crippen molar-refractivity contribution < 1.29 is 25.5 Å². The maximum atomic E-state index is 14.2. The van der Waals surface area contributed by atoms with Crippen molar-refractivity contribution in [3.05, 3.63) is 75.9 Å². The summed E-state index contributed by atoms with van der Waals surface area (Å²) in [6, 6.07) is 12.7. The number of fused-ring (bicyclic) bond motifs is 4. The monoisotopic (exact) mass is 513 g/mol. The summed E-state index contributed by atoms with van der Waals surface area (Å²) in [6.07, 6.45) is -4.89. The van der Waals surface area contributed by atoms with Crippen LogP contribution in [0.1, 0.15) is 18.1 Å². The van der Waals surface area contributed by atoms with E-state index in [2.05, 4.69) is 4.98 Å². The number of rotatable bonds is 3. The summed E-state index contributed by atoms with van der Waals surface area (Å²) in [4.78, 5) is 15.8. The number of H-pyrrole nitrogens is 1. The number of nitriles is 1. The summed E-state index contributed by atoms with van der Waals surface area (Å²) >= 11 is 0. The van der Waals surface area contributed by atoms with Gasteiger partial charge in [0.25, 0.3) is 0 Å². The summed E-state index contributed by atoms with van der Waals surface area (Å²) in [5, 5.41) is 9.68. The van der Waals surface area contributed by atoms with Crippen LogP contribution in [0.5, 0.6) is 0 Å². The maximum Gasteiger partial charge on any atom is 0.417 e. The van der Waals surface area contributed by atoms with E-state index in [4.69, 9.17) is 0 Å². The lowest BCUT2D eigenvalue weighted by molar-refractivity contribution is -0.137. The van der Waals surface area contributed by atoms with Crippen molar-refractivity contribution in [3.63, 3.8) is 0 Å². The summed E-state index contributed by atoms with van der Waals surface area (Å²) < 4.78 is 80.5. The predicted molar refractivity (Wildman–Crippen MR) is 127 cm³/mol. The lowest BCUT2D eigenvalue weighted by atomic mass is 9.96. The number of halogens is 4. The summed E-state index contributed by atoms with van der Waals surface area (Å²) in [5.41, 5.74) is -0.983. The van der Waals surface area contributed by atoms with E-state index in [1.807, 2.05) is 6.07 Å². The number of aryl methyl sites for hydroxylation is 1. The van der Waals surface area contributed by atoms with E-state index < -0.39 is 37.9 Å². The first-order valence-corrected chi connectivity index (χ1v) is 12.0. The van der Waals surface area contributed by atoms with E-state index >= 15 is 0 Å². The Morgan fingerprint density at radius 1 is 1.06 bits per heavy atom. The molecule has 182 valence electrons. The van der Waals surface area contributed by atoms with Crippen molar-refractivity contribution in [3.8, 4) is 17.2 Å². The number of nitrogens with one attached hydrogen (secondary N) is 1. The van der Waals surface area contributed by atoms with Crippen molar-refractivity contribution in [1.29, 1.82) is 5.26 Å². The zero-order valence-electron chi connectivity index (χ0n) is 18.4. The molecule has 0 unspecified atom stereocenters. The average Bonchev–Trinajstić information content (AvgIpc) is 3.21. The molecule has 0 spiro atoms. The van der Waals surface area contributed by atoms with Crippen LogP contribution < -0.4 is 5.43 Å². The van der Waals surface area contributed by atoms with Gasteiger partial charge in [0.1, 0.15) is 5.65 Å². The average molecular weight is 513 g/mol. The van der Waals surface area contributed by atoms with Crippen LogP contribution in [0.4, 0.5) is 17.1 Å². The van der Waals surface area contributed by atoms with Gasteiger partial charge in [-0.05, 0) is 54.4 Å². The van der Waals surface area contributed by atoms with Crippen molar-refractivity contribution in [2.24, 2.45) is 0 Å². The van der Waals surface area contributed by atoms with E-state index in [9.17, 15) is 35.5 Å². The van der Waals surface area contributed by atoms with Gasteiger partial charge in [-0.3, -0.25) is 4.79 Å². The fraction of sp³-hybridized carbons (Fsp3) is 0.120. The molecule has 6 nitrogen and oxygen atoms in total. The Labute approximate surface area is 201 Å². The first kappa shape index (κ1) is 23.6. The Bertz CT molecular complexity index is 1930. The van der Waals surface area contributed by atoms with Gasteiger partial charge < -0.3 is 9.55 Å². The van der Waals surface area contributed by atoms with Crippen LogP contribution in [0, 0.1) is 11.3 Å². The van der Waals surface area contributed by atoms with Crippen molar-refractivity contribution >= 4 is 43.1 Å². The molecule has 0 saturated heterocycles. The lowest BCUT2D eigenvalue weighted by Crippen LogP contribution is -2.14. The molecule has 0 aliphatic carbocycles. The highest BCUT2D eigenvalue weighted by molar-refractivity contribution is 7.86. The fourth-order valence-corrected chi connectivity index (χ4v) is 5.06. The number of alkyl halides is 3. The van der Waals surface area contributed by atoms with Gasteiger partial charge in [-0.15, -0.1) is 3.89 Å². The van der Waals surface area contributed by atoms with Gasteiger partial charge in [-0.2, -0.15) is 26.9 Å². The summed E-state index contributed by atoms with van der Waals surface area (Å²) in [6.45, 7) is 2.03. The first-order chi connectivity index (χ1) is 16.9. The largest absolute Gasteiger partial charge is 0.417 e. The van der Waals surface area contributed by atoms with Crippen LogP contribution in [0.2, 0.25) is 0 Å². The Morgan fingerprint density at radius 3 is 2.44 bits per heavy atom. The molecule has 5 aromatic rings. The van der Waals surface area contributed by atoms with Crippen LogP contribution in [-0.4, -0.2) is 18.0 Å². The molecule has 1 N–H and O–H groups in total. The minimum absolute atomic E-state index is 0.173. The minimum Gasteiger partial charge on any atom is -0.340 e. The van der Waals surface area contributed by atoms with E-state index in [0.717, 1.165) is 24.3 Å². The van der Waals surface area contributed by atoms with Crippen LogP contribution in [-0.2, 0) is 22.9 Å². The van der Waals surface area contributed by atoms with Gasteiger partial charge >= 0.3 is 16.4 Å². The molecule has 0 atom stereocenters. The molecule has 11 heteroatoms. The van der Waals surface area contributed by atoms with Gasteiger partial charge in [0.2, 0.25) is 0 Å². The number of aromatic amines is 1. The second-order valence-corrected chi connectivity index (χ2v) is 9.52. The SMILES string of the molecule is CCn1c2cc(-c3cccc(S(=O)(=O)F)c3)c(C(F)(F)F)cc2c(=O)c2c3ccc(C#N)cc3[nH]c21. The standard InChI is InChI=1S/C25H15F4N3O3S/c1-2-32-21-11-17(14-4-3-5-15(9-14)36(29,34)35)19(25(26,27)28)10-18(21)23(33)22-16-7-6-13(12-30)8-20(16)31-24(22)32/h3-11,31H,2H2,1H3. The van der Waals surface area contributed by atoms with Crippen LogP contribution >= 0.6 is 0 Å². The van der Waals surface area contributed by atoms with E-state index in [0.29, 0.717) is 22.1 Å². The molecule has 0 fully saturated rings. The second kappa shape index (κ2) is 7.93. The number of aromatic nitrogens is 2. The Hall–Kier alpha value is -4.17. The highest BCUT2D eigenvalue weighted by Gasteiger charge is 2.35. The molecule has 0 aliphatic heterocycles. The van der Waals surface area contributed by atoms with E-state index in [1.165, 1.54) is 18.2 Å². The molecule has 36 heavy (non-hydrogen) atoms. The molecule has 0 amide bonds. The molecule has 3 aromatic carbocycles. The van der Waals surface area contributed by atoms with Crippen LogP contribution in [0.3, 0.4) is 0 Å². The highest BCUT2D eigenvalue weighted by atomic mass is 32.3. The summed E-state index contributed by atoms with van der Waals surface area (Å²) in [7, 11) is -5.16.